The Morgan fingerprint density at radius 2 is 2.06 bits per heavy atom. The highest BCUT2D eigenvalue weighted by atomic mass is 35.5. The summed E-state index contributed by atoms with van der Waals surface area (Å²) < 4.78 is 47.2. The molecule has 1 aliphatic heterocycles. The van der Waals surface area contributed by atoms with E-state index < -0.39 is 10.0 Å². The van der Waals surface area contributed by atoms with Crippen LogP contribution >= 0.6 is 11.6 Å². The molecule has 1 saturated carbocycles. The maximum atomic E-state index is 13.4. The topological polar surface area (TPSA) is 88.8 Å². The molecular weight excluding hydrogens is 469 g/mol. The standard InChI is InChI=1S/C22H25ClFN5O3S/c1-33(30,31)27-22-26-25-21-10-20(18(13-29(21)22)14-4-5-14)32-17-3-2-8-28(12-17)11-15-6-7-16(24)9-19(15)23/h6-7,9-10,13-14,17H,2-5,8,11-12H2,1H3,(H,26,27). The molecule has 2 aromatic heterocycles. The summed E-state index contributed by atoms with van der Waals surface area (Å²) in [5.41, 5.74) is 2.46. The Kier molecular flexibility index (Phi) is 5.92. The number of hydrogen-bond donors (Lipinski definition) is 1. The van der Waals surface area contributed by atoms with Gasteiger partial charge in [-0.15, -0.1) is 10.2 Å². The van der Waals surface area contributed by atoms with Crippen LogP contribution in [-0.2, 0) is 16.6 Å². The molecule has 0 spiro atoms. The van der Waals surface area contributed by atoms with Crippen molar-refractivity contribution < 1.29 is 17.5 Å². The predicted molar refractivity (Wildman–Crippen MR) is 124 cm³/mol. The number of hydrogen-bond acceptors (Lipinski definition) is 6. The van der Waals surface area contributed by atoms with Gasteiger partial charge in [-0.2, -0.15) is 0 Å². The fourth-order valence-corrected chi connectivity index (χ4v) is 4.99. The minimum atomic E-state index is -3.47. The molecule has 1 unspecified atom stereocenters. The molecule has 2 aliphatic rings. The summed E-state index contributed by atoms with van der Waals surface area (Å²) in [5, 5.41) is 8.53. The third-order valence-corrected chi connectivity index (χ3v) is 6.90. The summed E-state index contributed by atoms with van der Waals surface area (Å²) in [4.78, 5) is 2.27. The number of nitrogens with zero attached hydrogens (tertiary/aromatic N) is 4. The molecule has 11 heteroatoms. The van der Waals surface area contributed by atoms with Gasteiger partial charge in [0, 0.05) is 35.9 Å². The zero-order chi connectivity index (χ0) is 23.2. The van der Waals surface area contributed by atoms with Crippen molar-refractivity contribution in [3.63, 3.8) is 0 Å². The van der Waals surface area contributed by atoms with Gasteiger partial charge in [0.2, 0.25) is 16.0 Å². The van der Waals surface area contributed by atoms with Gasteiger partial charge >= 0.3 is 0 Å². The fraction of sp³-hybridized carbons (Fsp3) is 0.455. The Morgan fingerprint density at radius 3 is 2.79 bits per heavy atom. The van der Waals surface area contributed by atoms with Gasteiger partial charge in [0.25, 0.3) is 0 Å². The molecule has 0 amide bonds. The molecule has 0 bridgehead atoms. The van der Waals surface area contributed by atoms with E-state index in [0.717, 1.165) is 61.9 Å². The molecule has 5 rings (SSSR count). The number of fused-ring (bicyclic) bond motifs is 1. The first kappa shape index (κ1) is 22.4. The van der Waals surface area contributed by atoms with Crippen LogP contribution in [0.5, 0.6) is 5.75 Å². The quantitative estimate of drug-likeness (QED) is 0.538. The summed E-state index contributed by atoms with van der Waals surface area (Å²) >= 11 is 6.22. The monoisotopic (exact) mass is 493 g/mol. The maximum absolute atomic E-state index is 13.4. The zero-order valence-corrected chi connectivity index (χ0v) is 19.7. The number of halogens is 2. The molecule has 1 saturated heterocycles. The van der Waals surface area contributed by atoms with Gasteiger partial charge in [-0.3, -0.25) is 14.0 Å². The van der Waals surface area contributed by atoms with Crippen LogP contribution in [0.3, 0.4) is 0 Å². The molecule has 1 aliphatic carbocycles. The predicted octanol–water partition coefficient (Wildman–Crippen LogP) is 3.81. The van der Waals surface area contributed by atoms with Crippen molar-refractivity contribution in [1.82, 2.24) is 19.5 Å². The van der Waals surface area contributed by atoms with E-state index in [0.29, 0.717) is 23.1 Å². The Hall–Kier alpha value is -2.43. The molecule has 33 heavy (non-hydrogen) atoms. The van der Waals surface area contributed by atoms with Gasteiger partial charge < -0.3 is 4.74 Å². The van der Waals surface area contributed by atoms with Gasteiger partial charge in [0.15, 0.2) is 5.65 Å². The van der Waals surface area contributed by atoms with E-state index in [9.17, 15) is 12.8 Å². The van der Waals surface area contributed by atoms with E-state index in [1.54, 1.807) is 10.5 Å². The number of rotatable bonds is 7. The summed E-state index contributed by atoms with van der Waals surface area (Å²) in [6.45, 7) is 2.29. The largest absolute Gasteiger partial charge is 0.489 e. The smallest absolute Gasteiger partial charge is 0.242 e. The number of ether oxygens (including phenoxy) is 1. The van der Waals surface area contributed by atoms with Crippen molar-refractivity contribution in [3.8, 4) is 5.75 Å². The van der Waals surface area contributed by atoms with Crippen molar-refractivity contribution in [2.24, 2.45) is 0 Å². The Morgan fingerprint density at radius 1 is 1.24 bits per heavy atom. The third-order valence-electron chi connectivity index (χ3n) is 5.99. The van der Waals surface area contributed by atoms with E-state index in [1.807, 2.05) is 12.3 Å². The van der Waals surface area contributed by atoms with Crippen LogP contribution in [0.2, 0.25) is 5.02 Å². The van der Waals surface area contributed by atoms with Gasteiger partial charge in [-0.25, -0.2) is 12.8 Å². The number of nitrogens with one attached hydrogen (secondary N) is 1. The lowest BCUT2D eigenvalue weighted by atomic mass is 10.1. The van der Waals surface area contributed by atoms with Crippen LogP contribution in [0.25, 0.3) is 5.65 Å². The van der Waals surface area contributed by atoms with E-state index >= 15 is 0 Å². The van der Waals surface area contributed by atoms with Gasteiger partial charge in [-0.1, -0.05) is 17.7 Å². The molecule has 176 valence electrons. The summed E-state index contributed by atoms with van der Waals surface area (Å²) in [5.74, 6) is 0.988. The molecule has 1 N–H and O–H groups in total. The SMILES string of the molecule is CS(=O)(=O)Nc1nnc2cc(OC3CCCN(Cc4ccc(F)cc4Cl)C3)c(C3CC3)cn12. The van der Waals surface area contributed by atoms with Crippen molar-refractivity contribution in [1.29, 1.82) is 0 Å². The molecule has 3 aromatic rings. The normalized spacial score (nSPS) is 19.7. The maximum Gasteiger partial charge on any atom is 0.242 e. The van der Waals surface area contributed by atoms with Crippen molar-refractivity contribution in [3.05, 3.63) is 52.4 Å². The molecule has 2 fully saturated rings. The van der Waals surface area contributed by atoms with Crippen molar-refractivity contribution >= 4 is 33.2 Å². The molecule has 3 heterocycles. The highest BCUT2D eigenvalue weighted by Crippen LogP contribution is 2.45. The Bertz CT molecular complexity index is 1290. The van der Waals surface area contributed by atoms with E-state index in [1.165, 1.54) is 12.1 Å². The van der Waals surface area contributed by atoms with Crippen molar-refractivity contribution in [2.75, 3.05) is 24.1 Å². The summed E-state index contributed by atoms with van der Waals surface area (Å²) in [6.07, 6.45) is 7.01. The van der Waals surface area contributed by atoms with Crippen LogP contribution in [0, 0.1) is 5.82 Å². The van der Waals surface area contributed by atoms with Crippen LogP contribution in [0.15, 0.2) is 30.5 Å². The number of likely N-dealkylation sites (tertiary alicyclic amines) is 1. The van der Waals surface area contributed by atoms with Gasteiger partial charge in [-0.05, 0) is 55.8 Å². The average molecular weight is 494 g/mol. The van der Waals surface area contributed by atoms with Gasteiger partial charge in [0.1, 0.15) is 17.7 Å². The Balaban J connectivity index is 1.35. The minimum absolute atomic E-state index is 0.00513. The minimum Gasteiger partial charge on any atom is -0.489 e. The molecule has 1 aromatic carbocycles. The van der Waals surface area contributed by atoms with Crippen LogP contribution < -0.4 is 9.46 Å². The van der Waals surface area contributed by atoms with Crippen LogP contribution in [0.4, 0.5) is 10.3 Å². The number of aromatic nitrogens is 3. The first-order valence-corrected chi connectivity index (χ1v) is 13.2. The molecule has 1 atom stereocenters. The molecular formula is C22H25ClFN5O3S. The lowest BCUT2D eigenvalue weighted by molar-refractivity contribution is 0.0836. The highest BCUT2D eigenvalue weighted by molar-refractivity contribution is 7.92. The fourth-order valence-electron chi connectivity index (χ4n) is 4.29. The molecule has 8 nitrogen and oxygen atoms in total. The van der Waals surface area contributed by atoms with E-state index in [4.69, 9.17) is 16.3 Å². The summed E-state index contributed by atoms with van der Waals surface area (Å²) in [6, 6.07) is 6.34. The van der Waals surface area contributed by atoms with Gasteiger partial charge in [0.05, 0.1) is 6.26 Å². The van der Waals surface area contributed by atoms with Crippen LogP contribution in [-0.4, -0.2) is 53.4 Å². The van der Waals surface area contributed by atoms with E-state index in [-0.39, 0.29) is 17.9 Å². The number of piperidine rings is 1. The summed E-state index contributed by atoms with van der Waals surface area (Å²) in [7, 11) is -3.47. The third kappa shape index (κ3) is 5.23. The second-order valence-electron chi connectivity index (χ2n) is 8.85. The lowest BCUT2D eigenvalue weighted by Crippen LogP contribution is -2.40. The lowest BCUT2D eigenvalue weighted by Gasteiger charge is -2.33. The zero-order valence-electron chi connectivity index (χ0n) is 18.2. The number of anilines is 1. The number of benzene rings is 1. The second kappa shape index (κ2) is 8.73. The highest BCUT2D eigenvalue weighted by Gasteiger charge is 2.30. The Labute approximate surface area is 196 Å². The number of pyridine rings is 1. The van der Waals surface area contributed by atoms with Crippen molar-refractivity contribution in [2.45, 2.75) is 44.2 Å². The average Bonchev–Trinajstić information content (AvgIpc) is 3.52. The molecule has 0 radical (unpaired) electrons. The second-order valence-corrected chi connectivity index (χ2v) is 11.0. The van der Waals surface area contributed by atoms with E-state index in [2.05, 4.69) is 19.8 Å². The van der Waals surface area contributed by atoms with Crippen LogP contribution in [0.1, 0.15) is 42.7 Å². The first-order chi connectivity index (χ1) is 15.7. The number of sulfonamides is 1. The first-order valence-electron chi connectivity index (χ1n) is 10.9.